The third-order valence-corrected chi connectivity index (χ3v) is 4.35. The van der Waals surface area contributed by atoms with Gasteiger partial charge in [0, 0.05) is 13.2 Å². The molecule has 0 bridgehead atoms. The van der Waals surface area contributed by atoms with E-state index in [1.807, 2.05) is 0 Å². The van der Waals surface area contributed by atoms with Crippen LogP contribution < -0.4 is 0 Å². The summed E-state index contributed by atoms with van der Waals surface area (Å²) < 4.78 is 27.8. The molecule has 0 aliphatic rings. The van der Waals surface area contributed by atoms with Gasteiger partial charge in [0.25, 0.3) is 7.37 Å². The summed E-state index contributed by atoms with van der Waals surface area (Å²) in [4.78, 5) is 0. The van der Waals surface area contributed by atoms with Crippen LogP contribution in [0.5, 0.6) is 0 Å². The Labute approximate surface area is 91.2 Å². The molecule has 1 N–H and O–H groups in total. The number of rotatable bonds is 8. The molecule has 0 spiro atoms. The highest BCUT2D eigenvalue weighted by atomic mass is 31.2. The molecule has 0 fully saturated rings. The number of aliphatic hydroxyl groups is 1. The highest BCUT2D eigenvalue weighted by Gasteiger charge is 2.40. The molecule has 0 aromatic rings. The van der Waals surface area contributed by atoms with E-state index in [0.717, 1.165) is 0 Å². The summed E-state index contributed by atoms with van der Waals surface area (Å²) >= 11 is 0. The van der Waals surface area contributed by atoms with Crippen LogP contribution in [0.15, 0.2) is 0 Å². The van der Waals surface area contributed by atoms with Crippen molar-refractivity contribution in [2.75, 3.05) is 19.8 Å². The summed E-state index contributed by atoms with van der Waals surface area (Å²) in [6.45, 7) is 7.63. The number of hydrogen-bond donors (Lipinski definition) is 1. The maximum absolute atomic E-state index is 12.3. The fraction of sp³-hybridized carbons (Fsp3) is 1.00. The molecule has 0 aliphatic heterocycles. The van der Waals surface area contributed by atoms with Gasteiger partial charge >= 0.3 is 0 Å². The maximum Gasteiger partial charge on any atom is 0.284 e. The molecule has 5 nitrogen and oxygen atoms in total. The lowest BCUT2D eigenvalue weighted by atomic mass is 10.8. The van der Waals surface area contributed by atoms with Crippen LogP contribution in [0.2, 0.25) is 0 Å². The molecule has 2 atom stereocenters. The Morgan fingerprint density at radius 2 is 1.60 bits per heavy atom. The minimum atomic E-state index is -3.32. The molecule has 0 aromatic heterocycles. The zero-order chi connectivity index (χ0) is 11.9. The van der Waals surface area contributed by atoms with Gasteiger partial charge in [0.15, 0.2) is 0 Å². The molecule has 0 aromatic carbocycles. The molecule has 0 heterocycles. The Balaban J connectivity index is 4.73. The van der Waals surface area contributed by atoms with E-state index in [4.69, 9.17) is 14.0 Å². The number of ether oxygens (including phenoxy) is 2. The minimum Gasteiger partial charge on any atom is -0.383 e. The van der Waals surface area contributed by atoms with Gasteiger partial charge in [-0.25, -0.2) is 0 Å². The largest absolute Gasteiger partial charge is 0.383 e. The molecule has 6 heteroatoms. The Kier molecular flexibility index (Phi) is 7.40. The first-order valence-electron chi connectivity index (χ1n) is 5.18. The van der Waals surface area contributed by atoms with Crippen molar-refractivity contribution in [3.05, 3.63) is 0 Å². The molecule has 0 radical (unpaired) electrons. The molecule has 15 heavy (non-hydrogen) atoms. The Bertz CT molecular complexity index is 201. The van der Waals surface area contributed by atoms with Gasteiger partial charge in [-0.05, 0) is 27.7 Å². The Morgan fingerprint density at radius 1 is 1.13 bits per heavy atom. The van der Waals surface area contributed by atoms with Crippen molar-refractivity contribution in [2.45, 2.75) is 39.6 Å². The molecular formula is C9H21O5P. The van der Waals surface area contributed by atoms with E-state index < -0.39 is 19.2 Å². The minimum absolute atomic E-state index is 0.249. The van der Waals surface area contributed by atoms with Crippen molar-refractivity contribution in [3.63, 3.8) is 0 Å². The van der Waals surface area contributed by atoms with E-state index >= 15 is 0 Å². The lowest BCUT2D eigenvalue weighted by Gasteiger charge is -2.28. The van der Waals surface area contributed by atoms with Crippen molar-refractivity contribution in [1.82, 2.24) is 0 Å². The van der Waals surface area contributed by atoms with Crippen molar-refractivity contribution < 1.29 is 23.7 Å². The topological polar surface area (TPSA) is 65.0 Å². The summed E-state index contributed by atoms with van der Waals surface area (Å²) in [6.07, 6.45) is 0. The summed E-state index contributed by atoms with van der Waals surface area (Å²) in [7, 11) is -3.32. The van der Waals surface area contributed by atoms with E-state index in [1.54, 1.807) is 20.8 Å². The summed E-state index contributed by atoms with van der Waals surface area (Å²) in [6, 6.07) is -0.979. The second-order valence-corrected chi connectivity index (χ2v) is 5.63. The van der Waals surface area contributed by atoms with Crippen molar-refractivity contribution >= 4 is 7.37 Å². The third kappa shape index (κ3) is 4.21. The first-order valence-corrected chi connectivity index (χ1v) is 6.94. The van der Waals surface area contributed by atoms with Gasteiger partial charge in [0.1, 0.15) is 5.85 Å². The molecule has 0 rings (SSSR count). The van der Waals surface area contributed by atoms with Gasteiger partial charge in [-0.15, -0.1) is 0 Å². The molecule has 0 saturated carbocycles. The maximum atomic E-state index is 12.3. The molecule has 0 amide bonds. The SMILES string of the molecule is CCOC(OCC)P(=O)(OCC)C(C)O. The van der Waals surface area contributed by atoms with Gasteiger partial charge in [-0.1, -0.05) is 0 Å². The van der Waals surface area contributed by atoms with Gasteiger partial charge < -0.3 is 19.1 Å². The molecular weight excluding hydrogens is 219 g/mol. The normalized spacial score (nSPS) is 17.7. The predicted octanol–water partition coefficient (Wildman–Crippen LogP) is 2.00. The quantitative estimate of drug-likeness (QED) is 0.519. The van der Waals surface area contributed by atoms with Crippen molar-refractivity contribution in [3.8, 4) is 0 Å². The molecule has 0 saturated heterocycles. The predicted molar refractivity (Wildman–Crippen MR) is 58.0 cm³/mol. The lowest BCUT2D eigenvalue weighted by Crippen LogP contribution is -2.24. The lowest BCUT2D eigenvalue weighted by molar-refractivity contribution is -0.0919. The average molecular weight is 240 g/mol. The van der Waals surface area contributed by atoms with E-state index in [2.05, 4.69) is 0 Å². The summed E-state index contributed by atoms with van der Waals surface area (Å²) in [5.41, 5.74) is 0. The van der Waals surface area contributed by atoms with Crippen LogP contribution in [0.4, 0.5) is 0 Å². The second-order valence-electron chi connectivity index (χ2n) is 2.91. The monoisotopic (exact) mass is 240 g/mol. The van der Waals surface area contributed by atoms with Crippen LogP contribution in [0.1, 0.15) is 27.7 Å². The fourth-order valence-electron chi connectivity index (χ4n) is 1.09. The van der Waals surface area contributed by atoms with Crippen LogP contribution in [-0.2, 0) is 18.6 Å². The van der Waals surface area contributed by atoms with E-state index in [-0.39, 0.29) is 6.61 Å². The smallest absolute Gasteiger partial charge is 0.284 e. The van der Waals surface area contributed by atoms with Crippen LogP contribution in [0.25, 0.3) is 0 Å². The zero-order valence-electron chi connectivity index (χ0n) is 9.80. The number of hydrogen-bond acceptors (Lipinski definition) is 5. The Morgan fingerprint density at radius 3 is 1.87 bits per heavy atom. The number of aliphatic hydroxyl groups excluding tert-OH is 1. The highest BCUT2D eigenvalue weighted by molar-refractivity contribution is 7.59. The summed E-state index contributed by atoms with van der Waals surface area (Å²) in [5, 5.41) is 9.48. The molecule has 2 unspecified atom stereocenters. The van der Waals surface area contributed by atoms with Crippen LogP contribution in [0, 0.1) is 0 Å². The average Bonchev–Trinajstić information content (AvgIpc) is 2.17. The first-order chi connectivity index (χ1) is 7.02. The van der Waals surface area contributed by atoms with Gasteiger partial charge in [-0.3, -0.25) is 4.57 Å². The highest BCUT2D eigenvalue weighted by Crippen LogP contribution is 2.56. The fourth-order valence-corrected chi connectivity index (χ4v) is 2.89. The van der Waals surface area contributed by atoms with E-state index in [9.17, 15) is 9.67 Å². The van der Waals surface area contributed by atoms with E-state index in [1.165, 1.54) is 6.92 Å². The third-order valence-electron chi connectivity index (χ3n) is 1.76. The standard InChI is InChI=1S/C9H21O5P/c1-5-12-9(13-6-2)15(11,8(4)10)14-7-3/h8-10H,5-7H2,1-4H3. The first kappa shape index (κ1) is 15.1. The van der Waals surface area contributed by atoms with E-state index in [0.29, 0.717) is 13.2 Å². The van der Waals surface area contributed by atoms with Gasteiger partial charge in [0.2, 0.25) is 6.03 Å². The summed E-state index contributed by atoms with van der Waals surface area (Å²) in [5.74, 6) is -1.10. The van der Waals surface area contributed by atoms with Crippen molar-refractivity contribution in [2.24, 2.45) is 0 Å². The van der Waals surface area contributed by atoms with Crippen LogP contribution in [-0.4, -0.2) is 36.8 Å². The second kappa shape index (κ2) is 7.36. The Hall–Kier alpha value is 0.0700. The van der Waals surface area contributed by atoms with Crippen LogP contribution in [0.3, 0.4) is 0 Å². The molecule has 92 valence electrons. The van der Waals surface area contributed by atoms with Crippen LogP contribution >= 0.6 is 7.37 Å². The molecule has 0 aliphatic carbocycles. The zero-order valence-corrected chi connectivity index (χ0v) is 10.7. The van der Waals surface area contributed by atoms with Gasteiger partial charge in [-0.2, -0.15) is 0 Å². The van der Waals surface area contributed by atoms with Crippen molar-refractivity contribution in [1.29, 1.82) is 0 Å². The van der Waals surface area contributed by atoms with Gasteiger partial charge in [0.05, 0.1) is 6.61 Å².